The molecule has 0 aliphatic rings. The number of halogens is 4. The second kappa shape index (κ2) is 5.50. The molecule has 0 atom stereocenters. The normalized spacial score (nSPS) is 11.4. The molecule has 0 aliphatic heterocycles. The van der Waals surface area contributed by atoms with Crippen molar-refractivity contribution in [1.29, 1.82) is 0 Å². The minimum Gasteiger partial charge on any atom is -0.454 e. The van der Waals surface area contributed by atoms with Gasteiger partial charge in [0.25, 0.3) is 0 Å². The van der Waals surface area contributed by atoms with Gasteiger partial charge in [0.2, 0.25) is 0 Å². The molecule has 0 spiro atoms. The number of nitrogens with two attached hydrogens (primary N) is 1. The predicted octanol–water partition coefficient (Wildman–Crippen LogP) is 4.10. The molecular formula is C14H11F4NO. The van der Waals surface area contributed by atoms with Gasteiger partial charge in [-0.15, -0.1) is 0 Å². The molecule has 0 saturated heterocycles. The molecule has 2 nitrogen and oxygen atoms in total. The Kier molecular flexibility index (Phi) is 3.94. The molecule has 2 N–H and O–H groups in total. The van der Waals surface area contributed by atoms with E-state index in [1.165, 1.54) is 30.3 Å². The molecule has 0 heterocycles. The molecule has 2 aromatic rings. The van der Waals surface area contributed by atoms with E-state index in [1.807, 2.05) is 0 Å². The van der Waals surface area contributed by atoms with Gasteiger partial charge < -0.3 is 10.5 Å². The van der Waals surface area contributed by atoms with Crippen LogP contribution in [0.3, 0.4) is 0 Å². The van der Waals surface area contributed by atoms with Gasteiger partial charge in [0.15, 0.2) is 11.6 Å². The van der Waals surface area contributed by atoms with Crippen LogP contribution in [0.25, 0.3) is 0 Å². The molecule has 0 aliphatic carbocycles. The first-order chi connectivity index (χ1) is 9.41. The smallest absolute Gasteiger partial charge is 0.416 e. The minimum atomic E-state index is -4.54. The minimum absolute atomic E-state index is 0.0432. The van der Waals surface area contributed by atoms with Crippen LogP contribution < -0.4 is 10.5 Å². The van der Waals surface area contributed by atoms with Crippen LogP contribution >= 0.6 is 0 Å². The van der Waals surface area contributed by atoms with Crippen molar-refractivity contribution in [3.05, 3.63) is 59.4 Å². The molecule has 20 heavy (non-hydrogen) atoms. The zero-order valence-electron chi connectivity index (χ0n) is 10.2. The van der Waals surface area contributed by atoms with Crippen molar-refractivity contribution in [3.63, 3.8) is 0 Å². The predicted molar refractivity (Wildman–Crippen MR) is 65.8 cm³/mol. The van der Waals surface area contributed by atoms with Gasteiger partial charge in [-0.05, 0) is 29.8 Å². The van der Waals surface area contributed by atoms with E-state index in [0.717, 1.165) is 12.1 Å². The van der Waals surface area contributed by atoms with Gasteiger partial charge in [0.05, 0.1) is 5.56 Å². The number of alkyl halides is 3. The Morgan fingerprint density at radius 3 is 2.35 bits per heavy atom. The zero-order valence-corrected chi connectivity index (χ0v) is 10.2. The highest BCUT2D eigenvalue weighted by molar-refractivity contribution is 5.40. The van der Waals surface area contributed by atoms with Gasteiger partial charge in [-0.2, -0.15) is 13.2 Å². The second-order valence-electron chi connectivity index (χ2n) is 4.05. The van der Waals surface area contributed by atoms with Crippen molar-refractivity contribution in [3.8, 4) is 11.5 Å². The molecule has 106 valence electrons. The summed E-state index contributed by atoms with van der Waals surface area (Å²) in [6.07, 6.45) is -4.54. The molecule has 2 rings (SSSR count). The van der Waals surface area contributed by atoms with Gasteiger partial charge in [0.1, 0.15) is 5.75 Å². The summed E-state index contributed by atoms with van der Waals surface area (Å²) in [5.41, 5.74) is 4.35. The molecule has 0 amide bonds. The van der Waals surface area contributed by atoms with Crippen LogP contribution in [0.4, 0.5) is 17.6 Å². The third-order valence-corrected chi connectivity index (χ3v) is 2.67. The van der Waals surface area contributed by atoms with Gasteiger partial charge in [-0.3, -0.25) is 0 Å². The molecule has 0 unspecified atom stereocenters. The standard InChI is InChI=1S/C14H11F4NO/c15-12-3-1-2-4-13(12)20-10-6-5-9(8-19)11(7-10)14(16,17)18/h1-7H,8,19H2. The van der Waals surface area contributed by atoms with Crippen LogP contribution in [-0.4, -0.2) is 0 Å². The number of ether oxygens (including phenoxy) is 1. The Morgan fingerprint density at radius 1 is 1.05 bits per heavy atom. The first-order valence-electron chi connectivity index (χ1n) is 5.74. The van der Waals surface area contributed by atoms with E-state index in [4.69, 9.17) is 10.5 Å². The summed E-state index contributed by atoms with van der Waals surface area (Å²) in [4.78, 5) is 0. The third kappa shape index (κ3) is 3.08. The highest BCUT2D eigenvalue weighted by Gasteiger charge is 2.33. The first kappa shape index (κ1) is 14.3. The van der Waals surface area contributed by atoms with Gasteiger partial charge in [-0.25, -0.2) is 4.39 Å². The summed E-state index contributed by atoms with van der Waals surface area (Å²) in [6.45, 7) is -0.241. The molecular weight excluding hydrogens is 274 g/mol. The summed E-state index contributed by atoms with van der Waals surface area (Å²) >= 11 is 0. The SMILES string of the molecule is NCc1ccc(Oc2ccccc2F)cc1C(F)(F)F. The highest BCUT2D eigenvalue weighted by Crippen LogP contribution is 2.35. The van der Waals surface area contributed by atoms with Crippen LogP contribution in [-0.2, 0) is 12.7 Å². The Labute approximate surface area is 112 Å². The number of rotatable bonds is 3. The van der Waals surface area contributed by atoms with E-state index in [1.54, 1.807) is 0 Å². The number of hydrogen-bond donors (Lipinski definition) is 1. The highest BCUT2D eigenvalue weighted by atomic mass is 19.4. The Hall–Kier alpha value is -2.08. The molecule has 0 aromatic heterocycles. The maximum atomic E-state index is 13.4. The topological polar surface area (TPSA) is 35.2 Å². The lowest BCUT2D eigenvalue weighted by Crippen LogP contribution is -2.12. The summed E-state index contributed by atoms with van der Waals surface area (Å²) in [7, 11) is 0. The van der Waals surface area contributed by atoms with E-state index in [2.05, 4.69) is 0 Å². The monoisotopic (exact) mass is 285 g/mol. The summed E-state index contributed by atoms with van der Waals surface area (Å²) in [5.74, 6) is -0.885. The van der Waals surface area contributed by atoms with E-state index in [0.29, 0.717) is 0 Å². The molecule has 0 saturated carbocycles. The van der Waals surface area contributed by atoms with Gasteiger partial charge >= 0.3 is 6.18 Å². The average Bonchev–Trinajstić information content (AvgIpc) is 2.40. The van der Waals surface area contributed by atoms with Crippen molar-refractivity contribution in [2.45, 2.75) is 12.7 Å². The largest absolute Gasteiger partial charge is 0.454 e. The van der Waals surface area contributed by atoms with E-state index in [-0.39, 0.29) is 23.6 Å². The Bertz CT molecular complexity index is 610. The molecule has 2 aromatic carbocycles. The average molecular weight is 285 g/mol. The van der Waals surface area contributed by atoms with Gasteiger partial charge in [-0.1, -0.05) is 18.2 Å². The first-order valence-corrected chi connectivity index (χ1v) is 5.74. The Morgan fingerprint density at radius 2 is 1.75 bits per heavy atom. The van der Waals surface area contributed by atoms with Crippen molar-refractivity contribution in [2.75, 3.05) is 0 Å². The van der Waals surface area contributed by atoms with Crippen LogP contribution in [0.15, 0.2) is 42.5 Å². The summed E-state index contributed by atoms with van der Waals surface area (Å²) in [5, 5.41) is 0. The fourth-order valence-corrected chi connectivity index (χ4v) is 1.72. The van der Waals surface area contributed by atoms with Crippen LogP contribution in [0.1, 0.15) is 11.1 Å². The van der Waals surface area contributed by atoms with E-state index < -0.39 is 17.6 Å². The quantitative estimate of drug-likeness (QED) is 0.862. The number of hydrogen-bond acceptors (Lipinski definition) is 2. The molecule has 6 heteroatoms. The van der Waals surface area contributed by atoms with Crippen LogP contribution in [0, 0.1) is 5.82 Å². The van der Waals surface area contributed by atoms with Crippen LogP contribution in [0.5, 0.6) is 11.5 Å². The lowest BCUT2D eigenvalue weighted by atomic mass is 10.1. The summed E-state index contributed by atoms with van der Waals surface area (Å²) in [6, 6.07) is 8.84. The lowest BCUT2D eigenvalue weighted by molar-refractivity contribution is -0.138. The molecule has 0 fully saturated rings. The van der Waals surface area contributed by atoms with Crippen LogP contribution in [0.2, 0.25) is 0 Å². The maximum absolute atomic E-state index is 13.4. The van der Waals surface area contributed by atoms with E-state index >= 15 is 0 Å². The zero-order chi connectivity index (χ0) is 14.8. The van der Waals surface area contributed by atoms with Crippen molar-refractivity contribution in [2.24, 2.45) is 5.73 Å². The second-order valence-corrected chi connectivity index (χ2v) is 4.05. The number of benzene rings is 2. The van der Waals surface area contributed by atoms with Crippen molar-refractivity contribution < 1.29 is 22.3 Å². The fourth-order valence-electron chi connectivity index (χ4n) is 1.72. The van der Waals surface area contributed by atoms with E-state index in [9.17, 15) is 17.6 Å². The number of para-hydroxylation sites is 1. The fraction of sp³-hybridized carbons (Fsp3) is 0.143. The van der Waals surface area contributed by atoms with Gasteiger partial charge in [0, 0.05) is 6.54 Å². The molecule has 0 bridgehead atoms. The Balaban J connectivity index is 2.37. The maximum Gasteiger partial charge on any atom is 0.416 e. The lowest BCUT2D eigenvalue weighted by Gasteiger charge is -2.14. The third-order valence-electron chi connectivity index (χ3n) is 2.67. The van der Waals surface area contributed by atoms with Crippen molar-refractivity contribution >= 4 is 0 Å². The van der Waals surface area contributed by atoms with Crippen molar-refractivity contribution in [1.82, 2.24) is 0 Å². The molecule has 0 radical (unpaired) electrons. The summed E-state index contributed by atoms with van der Waals surface area (Å²) < 4.78 is 57.1.